The van der Waals surface area contributed by atoms with Gasteiger partial charge in [-0.15, -0.1) is 0 Å². The van der Waals surface area contributed by atoms with Crippen molar-refractivity contribution < 1.29 is 4.79 Å². The Labute approximate surface area is 143 Å². The van der Waals surface area contributed by atoms with Gasteiger partial charge in [0.2, 0.25) is 5.91 Å². The number of nitrogens with zero attached hydrogens (tertiary/aromatic N) is 2. The maximum atomic E-state index is 12.1. The summed E-state index contributed by atoms with van der Waals surface area (Å²) in [6.07, 6.45) is 4.20. The second-order valence-corrected chi connectivity index (χ2v) is 7.36. The minimum atomic E-state index is 0.336. The highest BCUT2D eigenvalue weighted by molar-refractivity contribution is 5.84. The Kier molecular flexibility index (Phi) is 3.91. The molecule has 1 aromatic carbocycles. The molecule has 1 amide bonds. The van der Waals surface area contributed by atoms with Gasteiger partial charge in [-0.25, -0.2) is 4.98 Å². The van der Waals surface area contributed by atoms with Gasteiger partial charge in [-0.1, -0.05) is 12.1 Å². The molecule has 1 aliphatic carbocycles. The zero-order valence-corrected chi connectivity index (χ0v) is 14.5. The number of pyridine rings is 1. The van der Waals surface area contributed by atoms with E-state index in [1.807, 2.05) is 0 Å². The van der Waals surface area contributed by atoms with Crippen LogP contribution in [0.4, 0.5) is 5.82 Å². The number of carbonyl (C=O) groups is 1. The Balaban J connectivity index is 1.44. The van der Waals surface area contributed by atoms with Crippen LogP contribution in [0.5, 0.6) is 0 Å². The first-order valence-corrected chi connectivity index (χ1v) is 9.03. The van der Waals surface area contributed by atoms with E-state index in [0.29, 0.717) is 17.9 Å². The van der Waals surface area contributed by atoms with Crippen LogP contribution in [-0.4, -0.2) is 34.9 Å². The van der Waals surface area contributed by atoms with E-state index in [1.165, 1.54) is 16.5 Å². The van der Waals surface area contributed by atoms with E-state index in [-0.39, 0.29) is 0 Å². The molecule has 4 rings (SSSR count). The lowest BCUT2D eigenvalue weighted by Gasteiger charge is -2.33. The molecule has 4 nitrogen and oxygen atoms in total. The third kappa shape index (κ3) is 3.10. The average Bonchev–Trinajstić information content (AvgIpc) is 3.39. The SMILES string of the molecule is Cc1ccc2c(C)cc(NC3CCN(C(=O)C4CC4)CC3)nc2c1. The number of piperidine rings is 1. The van der Waals surface area contributed by atoms with Crippen LogP contribution < -0.4 is 5.32 Å². The van der Waals surface area contributed by atoms with E-state index in [4.69, 9.17) is 4.98 Å². The first-order valence-electron chi connectivity index (χ1n) is 9.03. The van der Waals surface area contributed by atoms with Gasteiger partial charge in [0.05, 0.1) is 5.52 Å². The van der Waals surface area contributed by atoms with Gasteiger partial charge >= 0.3 is 0 Å². The first-order chi connectivity index (χ1) is 11.6. The minimum Gasteiger partial charge on any atom is -0.367 e. The van der Waals surface area contributed by atoms with Crippen LogP contribution in [-0.2, 0) is 4.79 Å². The highest BCUT2D eigenvalue weighted by atomic mass is 16.2. The number of benzene rings is 1. The summed E-state index contributed by atoms with van der Waals surface area (Å²) in [4.78, 5) is 19.0. The van der Waals surface area contributed by atoms with E-state index >= 15 is 0 Å². The van der Waals surface area contributed by atoms with Gasteiger partial charge in [0.25, 0.3) is 0 Å². The lowest BCUT2D eigenvalue weighted by Crippen LogP contribution is -2.43. The number of anilines is 1. The fourth-order valence-corrected chi connectivity index (χ4v) is 3.63. The Morgan fingerprint density at radius 2 is 1.88 bits per heavy atom. The fourth-order valence-electron chi connectivity index (χ4n) is 3.63. The van der Waals surface area contributed by atoms with Crippen LogP contribution in [0.25, 0.3) is 10.9 Å². The molecule has 126 valence electrons. The van der Waals surface area contributed by atoms with Crippen LogP contribution in [0.2, 0.25) is 0 Å². The molecule has 0 unspecified atom stereocenters. The van der Waals surface area contributed by atoms with Gasteiger partial charge < -0.3 is 10.2 Å². The summed E-state index contributed by atoms with van der Waals surface area (Å²) in [6.45, 7) is 5.99. The van der Waals surface area contributed by atoms with Crippen molar-refractivity contribution in [3.63, 3.8) is 0 Å². The average molecular weight is 323 g/mol. The van der Waals surface area contributed by atoms with Crippen LogP contribution in [0.1, 0.15) is 36.8 Å². The predicted molar refractivity (Wildman–Crippen MR) is 97.2 cm³/mol. The molecule has 24 heavy (non-hydrogen) atoms. The number of carbonyl (C=O) groups excluding carboxylic acids is 1. The predicted octanol–water partition coefficient (Wildman–Crippen LogP) is 3.66. The Hall–Kier alpha value is -2.10. The summed E-state index contributed by atoms with van der Waals surface area (Å²) in [6, 6.07) is 8.97. The normalized spacial score (nSPS) is 18.8. The Bertz CT molecular complexity index is 774. The van der Waals surface area contributed by atoms with Crippen molar-refractivity contribution in [1.82, 2.24) is 9.88 Å². The van der Waals surface area contributed by atoms with E-state index in [0.717, 1.165) is 50.1 Å². The van der Waals surface area contributed by atoms with E-state index < -0.39 is 0 Å². The summed E-state index contributed by atoms with van der Waals surface area (Å²) in [5.41, 5.74) is 3.54. The summed E-state index contributed by atoms with van der Waals surface area (Å²) in [5, 5.41) is 4.81. The van der Waals surface area contributed by atoms with E-state index in [9.17, 15) is 4.79 Å². The molecule has 1 saturated carbocycles. The summed E-state index contributed by atoms with van der Waals surface area (Å²) in [5.74, 6) is 1.67. The molecule has 1 aromatic heterocycles. The Morgan fingerprint density at radius 3 is 2.58 bits per heavy atom. The fraction of sp³-hybridized carbons (Fsp3) is 0.500. The quantitative estimate of drug-likeness (QED) is 0.937. The highest BCUT2D eigenvalue weighted by Crippen LogP contribution is 2.32. The van der Waals surface area contributed by atoms with Gasteiger partial charge in [-0.3, -0.25) is 4.79 Å². The maximum Gasteiger partial charge on any atom is 0.225 e. The number of aryl methyl sites for hydroxylation is 2. The zero-order valence-electron chi connectivity index (χ0n) is 14.5. The van der Waals surface area contributed by atoms with Gasteiger partial charge in [0, 0.05) is 30.4 Å². The standard InChI is InChI=1S/C20H25N3O/c1-13-3-6-17-14(2)12-19(22-18(17)11-13)21-16-7-9-23(10-8-16)20(24)15-4-5-15/h3,6,11-12,15-16H,4-5,7-10H2,1-2H3,(H,21,22). The molecular weight excluding hydrogens is 298 g/mol. The van der Waals surface area contributed by atoms with Crippen molar-refractivity contribution in [2.45, 2.75) is 45.6 Å². The molecule has 4 heteroatoms. The molecule has 0 spiro atoms. The van der Waals surface area contributed by atoms with E-state index in [2.05, 4.69) is 48.3 Å². The van der Waals surface area contributed by atoms with Gasteiger partial charge in [0.15, 0.2) is 0 Å². The third-order valence-electron chi connectivity index (χ3n) is 5.26. The highest BCUT2D eigenvalue weighted by Gasteiger charge is 2.34. The van der Waals surface area contributed by atoms with Crippen molar-refractivity contribution in [1.29, 1.82) is 0 Å². The second-order valence-electron chi connectivity index (χ2n) is 7.36. The summed E-state index contributed by atoms with van der Waals surface area (Å²) in [7, 11) is 0. The molecule has 1 aliphatic heterocycles. The lowest BCUT2D eigenvalue weighted by atomic mass is 10.0. The zero-order chi connectivity index (χ0) is 16.7. The number of likely N-dealkylation sites (tertiary alicyclic amines) is 1. The lowest BCUT2D eigenvalue weighted by molar-refractivity contribution is -0.133. The number of amides is 1. The molecule has 2 heterocycles. The summed E-state index contributed by atoms with van der Waals surface area (Å²) >= 11 is 0. The van der Waals surface area contributed by atoms with Gasteiger partial charge in [0.1, 0.15) is 5.82 Å². The van der Waals surface area contributed by atoms with Crippen molar-refractivity contribution in [3.05, 3.63) is 35.4 Å². The van der Waals surface area contributed by atoms with Crippen LogP contribution >= 0.6 is 0 Å². The topological polar surface area (TPSA) is 45.2 Å². The number of aromatic nitrogens is 1. The van der Waals surface area contributed by atoms with Crippen molar-refractivity contribution in [3.8, 4) is 0 Å². The molecule has 2 fully saturated rings. The van der Waals surface area contributed by atoms with E-state index in [1.54, 1.807) is 0 Å². The molecule has 1 N–H and O–H groups in total. The minimum absolute atomic E-state index is 0.336. The number of fused-ring (bicyclic) bond motifs is 1. The van der Waals surface area contributed by atoms with Crippen LogP contribution in [0.15, 0.2) is 24.3 Å². The Morgan fingerprint density at radius 1 is 1.12 bits per heavy atom. The molecule has 2 aromatic rings. The number of hydrogen-bond acceptors (Lipinski definition) is 3. The second kappa shape index (κ2) is 6.08. The first kappa shape index (κ1) is 15.4. The number of nitrogens with one attached hydrogen (secondary N) is 1. The monoisotopic (exact) mass is 323 g/mol. The van der Waals surface area contributed by atoms with Gasteiger partial charge in [-0.05, 0) is 62.8 Å². The molecule has 1 saturated heterocycles. The summed E-state index contributed by atoms with van der Waals surface area (Å²) < 4.78 is 0. The largest absolute Gasteiger partial charge is 0.367 e. The van der Waals surface area contributed by atoms with Crippen molar-refractivity contribution in [2.75, 3.05) is 18.4 Å². The van der Waals surface area contributed by atoms with Gasteiger partial charge in [-0.2, -0.15) is 0 Å². The third-order valence-corrected chi connectivity index (χ3v) is 5.26. The molecule has 0 atom stereocenters. The van der Waals surface area contributed by atoms with Crippen LogP contribution in [0.3, 0.4) is 0 Å². The smallest absolute Gasteiger partial charge is 0.225 e. The molecule has 0 bridgehead atoms. The van der Waals surface area contributed by atoms with Crippen molar-refractivity contribution >= 4 is 22.6 Å². The van der Waals surface area contributed by atoms with Crippen molar-refractivity contribution in [2.24, 2.45) is 5.92 Å². The molecule has 2 aliphatic rings. The maximum absolute atomic E-state index is 12.1. The van der Waals surface area contributed by atoms with Crippen LogP contribution in [0, 0.1) is 19.8 Å². The molecular formula is C20H25N3O. The number of hydrogen-bond donors (Lipinski definition) is 1. The number of rotatable bonds is 3. The molecule has 0 radical (unpaired) electrons.